The molecule has 4 nitrogen and oxygen atoms in total. The van der Waals surface area contributed by atoms with Crippen molar-refractivity contribution in [2.75, 3.05) is 11.9 Å². The molecule has 0 aliphatic carbocycles. The third-order valence-corrected chi connectivity index (χ3v) is 2.50. The summed E-state index contributed by atoms with van der Waals surface area (Å²) < 4.78 is 5.12. The molecular formula is C15H13NO3. The molecule has 1 amide bonds. The number of aliphatic hydroxyl groups is 1. The summed E-state index contributed by atoms with van der Waals surface area (Å²) >= 11 is 0. The molecule has 0 atom stereocenters. The van der Waals surface area contributed by atoms with Gasteiger partial charge in [-0.15, -0.1) is 0 Å². The number of aliphatic hydroxyl groups excluding tert-OH is 1. The topological polar surface area (TPSA) is 62.5 Å². The Kier molecular flexibility index (Phi) is 4.01. The summed E-state index contributed by atoms with van der Waals surface area (Å²) in [5, 5.41) is 11.4. The van der Waals surface area contributed by atoms with E-state index in [4.69, 9.17) is 9.52 Å². The molecule has 0 fully saturated rings. The Labute approximate surface area is 111 Å². The molecule has 1 aromatic heterocycles. The van der Waals surface area contributed by atoms with Crippen molar-refractivity contribution in [1.29, 1.82) is 0 Å². The van der Waals surface area contributed by atoms with Gasteiger partial charge in [0.25, 0.3) is 5.91 Å². The summed E-state index contributed by atoms with van der Waals surface area (Å²) in [7, 11) is 0. The Balaban J connectivity index is 2.15. The van der Waals surface area contributed by atoms with Gasteiger partial charge in [0.1, 0.15) is 6.61 Å². The Morgan fingerprint density at radius 1 is 1.42 bits per heavy atom. The van der Waals surface area contributed by atoms with Crippen LogP contribution in [0.4, 0.5) is 5.69 Å². The molecule has 2 N–H and O–H groups in total. The highest BCUT2D eigenvalue weighted by Gasteiger charge is 2.12. The van der Waals surface area contributed by atoms with Crippen LogP contribution in [0.15, 0.2) is 41.0 Å². The molecule has 0 aliphatic heterocycles. The molecule has 0 aliphatic rings. The smallest absolute Gasteiger partial charge is 0.291 e. The second-order valence-corrected chi connectivity index (χ2v) is 3.93. The predicted octanol–water partition coefficient (Wildman–Crippen LogP) is 2.18. The lowest BCUT2D eigenvalue weighted by Gasteiger charge is -2.04. The number of hydrogen-bond acceptors (Lipinski definition) is 3. The van der Waals surface area contributed by atoms with Crippen molar-refractivity contribution in [2.45, 2.75) is 6.92 Å². The third-order valence-electron chi connectivity index (χ3n) is 2.50. The van der Waals surface area contributed by atoms with Gasteiger partial charge in [-0.2, -0.15) is 0 Å². The zero-order valence-electron chi connectivity index (χ0n) is 10.4. The van der Waals surface area contributed by atoms with E-state index in [1.807, 2.05) is 6.92 Å². The molecule has 19 heavy (non-hydrogen) atoms. The Morgan fingerprint density at radius 2 is 2.26 bits per heavy atom. The Bertz CT molecular complexity index is 647. The summed E-state index contributed by atoms with van der Waals surface area (Å²) in [6, 6.07) is 8.82. The largest absolute Gasteiger partial charge is 0.459 e. The SMILES string of the molecule is Cc1ccoc1C(=O)Nc1cccc(C#CCO)c1. The van der Waals surface area contributed by atoms with Gasteiger partial charge in [0.15, 0.2) is 5.76 Å². The normalized spacial score (nSPS) is 9.58. The zero-order valence-corrected chi connectivity index (χ0v) is 10.4. The average molecular weight is 255 g/mol. The van der Waals surface area contributed by atoms with Crippen LogP contribution in [0.5, 0.6) is 0 Å². The van der Waals surface area contributed by atoms with Gasteiger partial charge < -0.3 is 14.8 Å². The van der Waals surface area contributed by atoms with E-state index < -0.39 is 0 Å². The molecule has 0 spiro atoms. The molecule has 0 saturated heterocycles. The van der Waals surface area contributed by atoms with E-state index in [0.717, 1.165) is 11.1 Å². The Hall–Kier alpha value is -2.51. The summed E-state index contributed by atoms with van der Waals surface area (Å²) in [6.45, 7) is 1.61. The van der Waals surface area contributed by atoms with E-state index in [2.05, 4.69) is 17.2 Å². The average Bonchev–Trinajstić information content (AvgIpc) is 2.83. The van der Waals surface area contributed by atoms with Crippen molar-refractivity contribution in [3.8, 4) is 11.8 Å². The highest BCUT2D eigenvalue weighted by atomic mass is 16.3. The maximum atomic E-state index is 11.9. The number of amides is 1. The van der Waals surface area contributed by atoms with Gasteiger partial charge >= 0.3 is 0 Å². The molecule has 1 aromatic carbocycles. The summed E-state index contributed by atoms with van der Waals surface area (Å²) in [5.74, 6) is 5.34. The van der Waals surface area contributed by atoms with Crippen LogP contribution in [0.1, 0.15) is 21.7 Å². The molecule has 0 bridgehead atoms. The summed E-state index contributed by atoms with van der Waals surface area (Å²) in [4.78, 5) is 11.9. The number of aryl methyl sites for hydroxylation is 1. The first-order valence-electron chi connectivity index (χ1n) is 5.76. The summed E-state index contributed by atoms with van der Waals surface area (Å²) in [6.07, 6.45) is 1.48. The van der Waals surface area contributed by atoms with E-state index in [-0.39, 0.29) is 12.5 Å². The van der Waals surface area contributed by atoms with Crippen molar-refractivity contribution in [2.24, 2.45) is 0 Å². The number of anilines is 1. The number of rotatable bonds is 2. The van der Waals surface area contributed by atoms with Gasteiger partial charge in [-0.3, -0.25) is 4.79 Å². The first-order chi connectivity index (χ1) is 9.20. The van der Waals surface area contributed by atoms with Gasteiger partial charge in [-0.25, -0.2) is 0 Å². The molecule has 96 valence electrons. The fourth-order valence-electron chi connectivity index (χ4n) is 1.61. The number of furan rings is 1. The van der Waals surface area contributed by atoms with Crippen LogP contribution in [0.25, 0.3) is 0 Å². The van der Waals surface area contributed by atoms with E-state index in [0.29, 0.717) is 11.4 Å². The van der Waals surface area contributed by atoms with Gasteiger partial charge in [0.2, 0.25) is 0 Å². The van der Waals surface area contributed by atoms with Gasteiger partial charge in [0.05, 0.1) is 6.26 Å². The standard InChI is InChI=1S/C15H13NO3/c1-11-7-9-19-14(11)15(18)16-13-6-2-4-12(10-13)5-3-8-17/h2,4,6-7,9-10,17H,8H2,1H3,(H,16,18). The number of carbonyl (C=O) groups excluding carboxylic acids is 1. The van der Waals surface area contributed by atoms with Crippen LogP contribution in [0.3, 0.4) is 0 Å². The number of nitrogens with one attached hydrogen (secondary N) is 1. The van der Waals surface area contributed by atoms with Gasteiger partial charge in [-0.1, -0.05) is 17.9 Å². The number of carbonyl (C=O) groups is 1. The quantitative estimate of drug-likeness (QED) is 0.808. The van der Waals surface area contributed by atoms with Crippen molar-refractivity contribution in [3.05, 3.63) is 53.5 Å². The van der Waals surface area contributed by atoms with Crippen LogP contribution in [-0.4, -0.2) is 17.6 Å². The summed E-state index contributed by atoms with van der Waals surface area (Å²) in [5.41, 5.74) is 2.14. The highest BCUT2D eigenvalue weighted by Crippen LogP contribution is 2.14. The molecule has 0 radical (unpaired) electrons. The van der Waals surface area contributed by atoms with Crippen molar-refractivity contribution in [1.82, 2.24) is 0 Å². The molecule has 0 unspecified atom stereocenters. The lowest BCUT2D eigenvalue weighted by molar-refractivity contribution is 0.0996. The zero-order chi connectivity index (χ0) is 13.7. The maximum absolute atomic E-state index is 11.9. The minimum absolute atomic E-state index is 0.192. The first kappa shape index (κ1) is 12.9. The monoisotopic (exact) mass is 255 g/mol. The molecular weight excluding hydrogens is 242 g/mol. The van der Waals surface area contributed by atoms with E-state index >= 15 is 0 Å². The number of benzene rings is 1. The number of hydrogen-bond donors (Lipinski definition) is 2. The van der Waals surface area contributed by atoms with E-state index in [1.54, 1.807) is 30.3 Å². The molecule has 4 heteroatoms. The molecule has 0 saturated carbocycles. The second kappa shape index (κ2) is 5.89. The molecule has 2 aromatic rings. The van der Waals surface area contributed by atoms with Gasteiger partial charge in [0, 0.05) is 16.8 Å². The minimum Gasteiger partial charge on any atom is -0.459 e. The van der Waals surface area contributed by atoms with Crippen LogP contribution < -0.4 is 5.32 Å². The predicted molar refractivity (Wildman–Crippen MR) is 71.8 cm³/mol. The fourth-order valence-corrected chi connectivity index (χ4v) is 1.61. The minimum atomic E-state index is -0.297. The lowest BCUT2D eigenvalue weighted by atomic mass is 10.2. The van der Waals surface area contributed by atoms with Crippen LogP contribution in [-0.2, 0) is 0 Å². The molecule has 1 heterocycles. The van der Waals surface area contributed by atoms with E-state index in [1.165, 1.54) is 6.26 Å². The van der Waals surface area contributed by atoms with Crippen LogP contribution >= 0.6 is 0 Å². The van der Waals surface area contributed by atoms with Crippen LogP contribution in [0, 0.1) is 18.8 Å². The van der Waals surface area contributed by atoms with E-state index in [9.17, 15) is 4.79 Å². The van der Waals surface area contributed by atoms with Gasteiger partial charge in [-0.05, 0) is 31.2 Å². The fraction of sp³-hybridized carbons (Fsp3) is 0.133. The van der Waals surface area contributed by atoms with Crippen molar-refractivity contribution >= 4 is 11.6 Å². The highest BCUT2D eigenvalue weighted by molar-refractivity contribution is 6.03. The van der Waals surface area contributed by atoms with Crippen molar-refractivity contribution in [3.63, 3.8) is 0 Å². The maximum Gasteiger partial charge on any atom is 0.291 e. The third kappa shape index (κ3) is 3.24. The Morgan fingerprint density at radius 3 is 2.95 bits per heavy atom. The lowest BCUT2D eigenvalue weighted by Crippen LogP contribution is -2.12. The van der Waals surface area contributed by atoms with Crippen molar-refractivity contribution < 1.29 is 14.3 Å². The first-order valence-corrected chi connectivity index (χ1v) is 5.76. The molecule has 2 rings (SSSR count). The second-order valence-electron chi connectivity index (χ2n) is 3.93. The van der Waals surface area contributed by atoms with Crippen LogP contribution in [0.2, 0.25) is 0 Å².